The van der Waals surface area contributed by atoms with Crippen LogP contribution < -0.4 is 10.5 Å². The lowest BCUT2D eigenvalue weighted by atomic mass is 9.86. The van der Waals surface area contributed by atoms with Crippen LogP contribution in [0.4, 0.5) is 31.1 Å². The van der Waals surface area contributed by atoms with E-state index in [0.29, 0.717) is 30.0 Å². The van der Waals surface area contributed by atoms with Gasteiger partial charge in [-0.15, -0.1) is 0 Å². The molecule has 3 aliphatic heterocycles. The van der Waals surface area contributed by atoms with Gasteiger partial charge in [-0.2, -0.15) is 26.3 Å². The van der Waals surface area contributed by atoms with Crippen LogP contribution in [-0.4, -0.2) is 36.7 Å². The number of carbonyl (C=O) groups is 1. The van der Waals surface area contributed by atoms with Gasteiger partial charge in [-0.1, -0.05) is 30.0 Å². The first-order valence-corrected chi connectivity index (χ1v) is 11.6. The topological polar surface area (TPSA) is 64.8 Å². The number of carbonyl (C=O) groups excluding carboxylic acids is 1. The number of hydrogen-bond acceptors (Lipinski definition) is 5. The molecule has 3 aliphatic rings. The van der Waals surface area contributed by atoms with E-state index in [1.54, 1.807) is 18.2 Å². The Morgan fingerprint density at radius 3 is 2.20 bits per heavy atom. The van der Waals surface area contributed by atoms with Gasteiger partial charge in [-0.05, 0) is 50.0 Å². The van der Waals surface area contributed by atoms with E-state index in [1.807, 2.05) is 0 Å². The molecule has 0 spiro atoms. The summed E-state index contributed by atoms with van der Waals surface area (Å²) >= 11 is 0.549. The molecule has 2 aromatic rings. The molecule has 2 N–H and O–H groups in total. The number of rotatable bonds is 6. The molecule has 1 amide bonds. The third kappa shape index (κ3) is 5.80. The van der Waals surface area contributed by atoms with Crippen molar-refractivity contribution in [1.82, 2.24) is 4.90 Å². The van der Waals surface area contributed by atoms with E-state index in [4.69, 9.17) is 10.5 Å². The molecule has 35 heavy (non-hydrogen) atoms. The highest BCUT2D eigenvalue weighted by atomic mass is 32.2. The lowest BCUT2D eigenvalue weighted by Crippen LogP contribution is -2.52. The fraction of sp³-hybridized carbons (Fsp3) is 0.435. The smallest absolute Gasteiger partial charge is 0.418 e. The Labute approximate surface area is 201 Å². The van der Waals surface area contributed by atoms with E-state index in [1.165, 1.54) is 6.07 Å². The first kappa shape index (κ1) is 25.5. The van der Waals surface area contributed by atoms with Crippen molar-refractivity contribution in [1.29, 1.82) is 0 Å². The minimum Gasteiger partial charge on any atom is -0.488 e. The van der Waals surface area contributed by atoms with Gasteiger partial charge >= 0.3 is 18.4 Å². The van der Waals surface area contributed by atoms with Crippen LogP contribution in [0, 0.1) is 5.92 Å². The van der Waals surface area contributed by atoms with Crippen molar-refractivity contribution in [2.75, 3.05) is 19.6 Å². The molecule has 0 aliphatic carbocycles. The van der Waals surface area contributed by atoms with E-state index in [-0.39, 0.29) is 11.0 Å². The number of para-hydroxylation sites is 1. The second-order valence-corrected chi connectivity index (χ2v) is 9.50. The third-order valence-electron chi connectivity index (χ3n) is 6.13. The number of hydrogen-bond donors (Lipinski definition) is 1. The monoisotopic (exact) mass is 520 g/mol. The average molecular weight is 520 g/mol. The molecule has 0 radical (unpaired) electrons. The normalized spacial score (nSPS) is 22.2. The standard InChI is InChI=1S/C23H22F6N2O3S/c24-22(25,26)19-14(12-33-21(30)32)5-6-18(20(19)23(27,28)29)35-17-4-2-1-3-15(17)34-16-11-31-9-7-13(16)8-10-31/h1-6,13,16H,7-12H2,(H2,30,32). The first-order valence-electron chi connectivity index (χ1n) is 10.8. The van der Waals surface area contributed by atoms with Crippen LogP contribution in [0.5, 0.6) is 5.75 Å². The van der Waals surface area contributed by atoms with Gasteiger partial charge in [-0.25, -0.2) is 4.79 Å². The predicted octanol–water partition coefficient (Wildman–Crippen LogP) is 5.94. The highest BCUT2D eigenvalue weighted by Gasteiger charge is 2.47. The van der Waals surface area contributed by atoms with Crippen molar-refractivity contribution < 1.29 is 40.6 Å². The summed E-state index contributed by atoms with van der Waals surface area (Å²) in [6.07, 6.45) is -10.3. The van der Waals surface area contributed by atoms with Gasteiger partial charge in [0, 0.05) is 17.0 Å². The number of primary amides is 1. The number of nitrogens with zero attached hydrogens (tertiary/aromatic N) is 1. The minimum atomic E-state index is -5.36. The third-order valence-corrected chi connectivity index (χ3v) is 7.25. The van der Waals surface area contributed by atoms with Gasteiger partial charge in [0.2, 0.25) is 0 Å². The molecule has 1 unspecified atom stereocenters. The fourth-order valence-corrected chi connectivity index (χ4v) is 5.60. The highest BCUT2D eigenvalue weighted by molar-refractivity contribution is 7.99. The second-order valence-electron chi connectivity index (χ2n) is 8.42. The van der Waals surface area contributed by atoms with Gasteiger partial charge in [0.1, 0.15) is 18.5 Å². The molecule has 5 rings (SSSR count). The van der Waals surface area contributed by atoms with Crippen LogP contribution >= 0.6 is 11.8 Å². The molecule has 0 aromatic heterocycles. The number of halogens is 6. The van der Waals surface area contributed by atoms with Crippen LogP contribution in [0.25, 0.3) is 0 Å². The Balaban J connectivity index is 1.71. The van der Waals surface area contributed by atoms with E-state index in [0.717, 1.165) is 38.1 Å². The average Bonchev–Trinajstić information content (AvgIpc) is 2.78. The Morgan fingerprint density at radius 2 is 1.63 bits per heavy atom. The highest BCUT2D eigenvalue weighted by Crippen LogP contribution is 2.49. The zero-order chi connectivity index (χ0) is 25.4. The Morgan fingerprint density at radius 1 is 0.971 bits per heavy atom. The number of fused-ring (bicyclic) bond motifs is 3. The SMILES string of the molecule is NC(=O)OCc1ccc(Sc2ccccc2OC2CN3CCC2CC3)c(C(F)(F)F)c1C(F)(F)F. The zero-order valence-corrected chi connectivity index (χ0v) is 19.1. The van der Waals surface area contributed by atoms with Crippen LogP contribution in [0.2, 0.25) is 0 Å². The zero-order valence-electron chi connectivity index (χ0n) is 18.3. The molecular weight excluding hydrogens is 498 g/mol. The lowest BCUT2D eigenvalue weighted by molar-refractivity contribution is -0.164. The summed E-state index contributed by atoms with van der Waals surface area (Å²) in [6, 6.07) is 8.16. The fourth-order valence-electron chi connectivity index (χ4n) is 4.54. The van der Waals surface area contributed by atoms with Crippen molar-refractivity contribution in [3.8, 4) is 5.75 Å². The minimum absolute atomic E-state index is 0.139. The van der Waals surface area contributed by atoms with E-state index < -0.39 is 46.6 Å². The summed E-state index contributed by atoms with van der Waals surface area (Å²) in [6.45, 7) is 1.60. The molecule has 12 heteroatoms. The summed E-state index contributed by atoms with van der Waals surface area (Å²) in [5.74, 6) is 0.643. The largest absolute Gasteiger partial charge is 0.488 e. The summed E-state index contributed by atoms with van der Waals surface area (Å²) in [5, 5.41) is 0. The lowest BCUT2D eigenvalue weighted by Gasteiger charge is -2.44. The Kier molecular flexibility index (Phi) is 7.14. The van der Waals surface area contributed by atoms with Gasteiger partial charge in [0.05, 0.1) is 16.0 Å². The molecule has 1 atom stereocenters. The molecule has 2 bridgehead atoms. The maximum Gasteiger partial charge on any atom is 0.418 e. The van der Waals surface area contributed by atoms with Gasteiger partial charge < -0.3 is 15.2 Å². The molecule has 190 valence electrons. The maximum absolute atomic E-state index is 14.0. The first-order chi connectivity index (χ1) is 16.4. The maximum atomic E-state index is 14.0. The quantitative estimate of drug-likeness (QED) is 0.478. The van der Waals surface area contributed by atoms with Crippen LogP contribution in [-0.2, 0) is 23.7 Å². The van der Waals surface area contributed by atoms with Crippen molar-refractivity contribution in [2.45, 2.75) is 47.7 Å². The summed E-state index contributed by atoms with van der Waals surface area (Å²) in [4.78, 5) is 12.7. The summed E-state index contributed by atoms with van der Waals surface area (Å²) in [5.41, 5.74) is 0.184. The molecular formula is C23H22F6N2O3S. The van der Waals surface area contributed by atoms with Crippen molar-refractivity contribution in [2.24, 2.45) is 11.7 Å². The molecule has 0 saturated carbocycles. The number of nitrogens with two attached hydrogens (primary N) is 1. The van der Waals surface area contributed by atoms with Crippen LogP contribution in [0.1, 0.15) is 29.5 Å². The van der Waals surface area contributed by atoms with E-state index >= 15 is 0 Å². The number of piperidine rings is 3. The number of ether oxygens (including phenoxy) is 2. The van der Waals surface area contributed by atoms with E-state index in [9.17, 15) is 31.1 Å². The summed E-state index contributed by atoms with van der Waals surface area (Å²) in [7, 11) is 0. The molecule has 3 fully saturated rings. The van der Waals surface area contributed by atoms with Crippen LogP contribution in [0.15, 0.2) is 46.2 Å². The van der Waals surface area contributed by atoms with E-state index in [2.05, 4.69) is 9.64 Å². The molecule has 5 nitrogen and oxygen atoms in total. The molecule has 3 heterocycles. The van der Waals surface area contributed by atoms with Gasteiger partial charge in [-0.3, -0.25) is 4.90 Å². The van der Waals surface area contributed by atoms with Gasteiger partial charge in [0.25, 0.3) is 0 Å². The Bertz CT molecular complexity index is 1080. The number of benzene rings is 2. The predicted molar refractivity (Wildman–Crippen MR) is 115 cm³/mol. The van der Waals surface area contributed by atoms with Crippen molar-refractivity contribution in [3.05, 3.63) is 53.1 Å². The van der Waals surface area contributed by atoms with Crippen molar-refractivity contribution in [3.63, 3.8) is 0 Å². The number of alkyl halides is 6. The Hall–Kier alpha value is -2.60. The van der Waals surface area contributed by atoms with Crippen LogP contribution in [0.3, 0.4) is 0 Å². The van der Waals surface area contributed by atoms with Gasteiger partial charge in [0.15, 0.2) is 0 Å². The second kappa shape index (κ2) is 9.81. The molecule has 3 saturated heterocycles. The summed E-state index contributed by atoms with van der Waals surface area (Å²) < 4.78 is 94.1. The molecule has 2 aromatic carbocycles. The van der Waals surface area contributed by atoms with Crippen molar-refractivity contribution >= 4 is 17.9 Å². The number of amides is 1.